The van der Waals surface area contributed by atoms with Gasteiger partial charge in [-0.1, -0.05) is 15.9 Å². The van der Waals surface area contributed by atoms with Crippen LogP contribution in [-0.4, -0.2) is 27.9 Å². The molecule has 0 aliphatic carbocycles. The molecule has 2 rings (SSSR count). The van der Waals surface area contributed by atoms with Gasteiger partial charge < -0.3 is 9.47 Å². The molecule has 25 heavy (non-hydrogen) atoms. The van der Waals surface area contributed by atoms with E-state index in [0.717, 1.165) is 10.0 Å². The van der Waals surface area contributed by atoms with Crippen molar-refractivity contribution in [2.45, 2.75) is 25.6 Å². The Labute approximate surface area is 157 Å². The molecule has 2 aromatic rings. The monoisotopic (exact) mass is 427 g/mol. The first-order valence-electron chi connectivity index (χ1n) is 7.77. The van der Waals surface area contributed by atoms with E-state index >= 15 is 0 Å². The molecular weight excluding hydrogens is 406 g/mol. The average Bonchev–Trinajstić information content (AvgIpc) is 2.60. The van der Waals surface area contributed by atoms with Gasteiger partial charge in [0.15, 0.2) is 0 Å². The maximum absolute atomic E-state index is 12.9. The van der Waals surface area contributed by atoms with E-state index < -0.39 is 15.3 Å². The lowest BCUT2D eigenvalue weighted by atomic mass is 10.2. The largest absolute Gasteiger partial charge is 0.497 e. The summed E-state index contributed by atoms with van der Waals surface area (Å²) in [6, 6.07) is 12.6. The second kappa shape index (κ2) is 8.10. The molecule has 7 heteroatoms. The van der Waals surface area contributed by atoms with Gasteiger partial charge in [0, 0.05) is 10.5 Å². The average molecular weight is 428 g/mol. The third kappa shape index (κ3) is 4.67. The van der Waals surface area contributed by atoms with E-state index in [9.17, 15) is 8.42 Å². The Morgan fingerprint density at radius 1 is 1.00 bits per heavy atom. The molecule has 0 fully saturated rings. The molecule has 0 aliphatic heterocycles. The fourth-order valence-electron chi connectivity index (χ4n) is 2.31. The van der Waals surface area contributed by atoms with Gasteiger partial charge in [-0.05, 0) is 55.8 Å². The first-order chi connectivity index (χ1) is 11.8. The standard InChI is InChI=1S/C18H22BrNO4S/c1-13(2)25(21,22)20(16-7-5-15(19)6-8-16)12-14-9-17(23-3)11-18(10-14)24-4/h5-11,13H,12H2,1-4H3. The molecule has 0 saturated heterocycles. The third-order valence-corrected chi connectivity index (χ3v) is 6.43. The SMILES string of the molecule is COc1cc(CN(c2ccc(Br)cc2)S(=O)(=O)C(C)C)cc(OC)c1. The number of ether oxygens (including phenoxy) is 2. The molecule has 0 spiro atoms. The Morgan fingerprint density at radius 3 is 1.96 bits per heavy atom. The van der Waals surface area contributed by atoms with Crippen molar-refractivity contribution in [3.63, 3.8) is 0 Å². The summed E-state index contributed by atoms with van der Waals surface area (Å²) in [6.45, 7) is 3.54. The highest BCUT2D eigenvalue weighted by Gasteiger charge is 2.26. The van der Waals surface area contributed by atoms with Crippen molar-refractivity contribution in [1.82, 2.24) is 0 Å². The van der Waals surface area contributed by atoms with Crippen LogP contribution < -0.4 is 13.8 Å². The van der Waals surface area contributed by atoms with E-state index in [1.165, 1.54) is 4.31 Å². The van der Waals surface area contributed by atoms with E-state index in [0.29, 0.717) is 17.2 Å². The fraction of sp³-hybridized carbons (Fsp3) is 0.333. The molecule has 0 unspecified atom stereocenters. The van der Waals surface area contributed by atoms with Gasteiger partial charge in [-0.25, -0.2) is 8.42 Å². The maximum atomic E-state index is 12.9. The summed E-state index contributed by atoms with van der Waals surface area (Å²) in [6.07, 6.45) is 0. The van der Waals surface area contributed by atoms with Crippen LogP contribution in [0.1, 0.15) is 19.4 Å². The molecule has 0 radical (unpaired) electrons. The Morgan fingerprint density at radius 2 is 1.52 bits per heavy atom. The first kappa shape index (κ1) is 19.6. The Balaban J connectivity index is 2.48. The number of sulfonamides is 1. The second-order valence-corrected chi connectivity index (χ2v) is 9.13. The summed E-state index contributed by atoms with van der Waals surface area (Å²) in [7, 11) is -0.375. The van der Waals surface area contributed by atoms with E-state index in [1.54, 1.807) is 46.3 Å². The Bertz CT molecular complexity index is 797. The van der Waals surface area contributed by atoms with Crippen molar-refractivity contribution in [3.05, 3.63) is 52.5 Å². The molecule has 0 aromatic heterocycles. The normalized spacial score (nSPS) is 11.4. The summed E-state index contributed by atoms with van der Waals surface area (Å²) in [4.78, 5) is 0. The summed E-state index contributed by atoms with van der Waals surface area (Å²) < 4.78 is 38.6. The van der Waals surface area contributed by atoms with Crippen molar-refractivity contribution >= 4 is 31.6 Å². The predicted molar refractivity (Wildman–Crippen MR) is 104 cm³/mol. The lowest BCUT2D eigenvalue weighted by Gasteiger charge is -2.27. The summed E-state index contributed by atoms with van der Waals surface area (Å²) >= 11 is 3.38. The van der Waals surface area contributed by atoms with Gasteiger partial charge in [-0.3, -0.25) is 4.31 Å². The van der Waals surface area contributed by atoms with Gasteiger partial charge in [-0.2, -0.15) is 0 Å². The van der Waals surface area contributed by atoms with Gasteiger partial charge in [0.05, 0.1) is 31.7 Å². The van der Waals surface area contributed by atoms with Crippen molar-refractivity contribution in [3.8, 4) is 11.5 Å². The Kier molecular flexibility index (Phi) is 6.35. The van der Waals surface area contributed by atoms with E-state index in [1.807, 2.05) is 24.3 Å². The molecule has 0 aliphatic rings. The quantitative estimate of drug-likeness (QED) is 0.663. The number of nitrogens with zero attached hydrogens (tertiary/aromatic N) is 1. The Hall–Kier alpha value is -1.73. The molecule has 0 saturated carbocycles. The number of halogens is 1. The molecule has 5 nitrogen and oxygen atoms in total. The third-order valence-electron chi connectivity index (χ3n) is 3.75. The minimum atomic E-state index is -3.51. The van der Waals surface area contributed by atoms with Gasteiger partial charge in [0.1, 0.15) is 11.5 Å². The van der Waals surface area contributed by atoms with Crippen molar-refractivity contribution in [2.75, 3.05) is 18.5 Å². The lowest BCUT2D eigenvalue weighted by molar-refractivity contribution is 0.393. The number of anilines is 1. The number of methoxy groups -OCH3 is 2. The predicted octanol–water partition coefficient (Wildman–Crippen LogP) is 4.21. The molecule has 2 aromatic carbocycles. The zero-order valence-electron chi connectivity index (χ0n) is 14.7. The van der Waals surface area contributed by atoms with Crippen molar-refractivity contribution in [2.24, 2.45) is 0 Å². The topological polar surface area (TPSA) is 55.8 Å². The second-order valence-electron chi connectivity index (χ2n) is 5.80. The zero-order valence-corrected chi connectivity index (χ0v) is 17.1. The van der Waals surface area contributed by atoms with Crippen LogP contribution in [0.2, 0.25) is 0 Å². The maximum Gasteiger partial charge on any atom is 0.237 e. The number of benzene rings is 2. The minimum Gasteiger partial charge on any atom is -0.497 e. The first-order valence-corrected chi connectivity index (χ1v) is 10.1. The van der Waals surface area contributed by atoms with Crippen LogP contribution in [0.4, 0.5) is 5.69 Å². The van der Waals surface area contributed by atoms with Crippen LogP contribution in [-0.2, 0) is 16.6 Å². The highest BCUT2D eigenvalue weighted by molar-refractivity contribution is 9.10. The van der Waals surface area contributed by atoms with E-state index in [4.69, 9.17) is 9.47 Å². The highest BCUT2D eigenvalue weighted by atomic mass is 79.9. The molecule has 0 atom stereocenters. The van der Waals surface area contributed by atoms with E-state index in [2.05, 4.69) is 15.9 Å². The summed E-state index contributed by atoms with van der Waals surface area (Å²) in [5, 5.41) is -0.538. The van der Waals surface area contributed by atoms with E-state index in [-0.39, 0.29) is 6.54 Å². The van der Waals surface area contributed by atoms with Crippen LogP contribution in [0.25, 0.3) is 0 Å². The molecule has 0 amide bonds. The van der Waals surface area contributed by atoms with Crippen LogP contribution in [0.15, 0.2) is 46.9 Å². The smallest absolute Gasteiger partial charge is 0.237 e. The zero-order chi connectivity index (χ0) is 18.6. The fourth-order valence-corrected chi connectivity index (χ4v) is 3.83. The number of hydrogen-bond acceptors (Lipinski definition) is 4. The van der Waals surface area contributed by atoms with Crippen LogP contribution in [0.5, 0.6) is 11.5 Å². The van der Waals surface area contributed by atoms with Gasteiger partial charge in [0.2, 0.25) is 10.0 Å². The van der Waals surface area contributed by atoms with Crippen molar-refractivity contribution in [1.29, 1.82) is 0 Å². The lowest BCUT2D eigenvalue weighted by Crippen LogP contribution is -2.36. The van der Waals surface area contributed by atoms with Crippen molar-refractivity contribution < 1.29 is 17.9 Å². The van der Waals surface area contributed by atoms with Gasteiger partial charge in [0.25, 0.3) is 0 Å². The van der Waals surface area contributed by atoms with Crippen LogP contribution in [0.3, 0.4) is 0 Å². The number of hydrogen-bond donors (Lipinski definition) is 0. The molecule has 136 valence electrons. The summed E-state index contributed by atoms with van der Waals surface area (Å²) in [5.41, 5.74) is 1.39. The summed E-state index contributed by atoms with van der Waals surface area (Å²) in [5.74, 6) is 1.24. The number of rotatable bonds is 7. The van der Waals surface area contributed by atoms with Gasteiger partial charge >= 0.3 is 0 Å². The van der Waals surface area contributed by atoms with Gasteiger partial charge in [-0.15, -0.1) is 0 Å². The van der Waals surface area contributed by atoms with Crippen LogP contribution >= 0.6 is 15.9 Å². The molecule has 0 N–H and O–H groups in total. The van der Waals surface area contributed by atoms with Crippen LogP contribution in [0, 0.1) is 0 Å². The minimum absolute atomic E-state index is 0.190. The molecular formula is C18H22BrNO4S. The molecule has 0 bridgehead atoms. The molecule has 0 heterocycles. The highest BCUT2D eigenvalue weighted by Crippen LogP contribution is 2.28.